The molecule has 33 heavy (non-hydrogen) atoms. The Kier molecular flexibility index (Phi) is 6.19. The van der Waals surface area contributed by atoms with Crippen LogP contribution in [0.15, 0.2) is 58.5 Å². The van der Waals surface area contributed by atoms with Crippen LogP contribution >= 0.6 is 11.8 Å². The van der Waals surface area contributed by atoms with E-state index in [0.29, 0.717) is 27.5 Å². The molecular formula is C23H22N5O4S-. The van der Waals surface area contributed by atoms with Crippen molar-refractivity contribution < 1.29 is 14.7 Å². The molecule has 0 aliphatic rings. The van der Waals surface area contributed by atoms with Gasteiger partial charge in [0.1, 0.15) is 0 Å². The number of hydrogen-bond donors (Lipinski definition) is 1. The summed E-state index contributed by atoms with van der Waals surface area (Å²) in [4.78, 5) is 37.0. The molecule has 1 atom stereocenters. The van der Waals surface area contributed by atoms with Gasteiger partial charge >= 0.3 is 0 Å². The van der Waals surface area contributed by atoms with E-state index in [4.69, 9.17) is 0 Å². The lowest BCUT2D eigenvalue weighted by molar-refractivity contribution is -0.309. The lowest BCUT2D eigenvalue weighted by Crippen LogP contribution is -2.51. The smallest absolute Gasteiger partial charge is 0.267 e. The minimum absolute atomic E-state index is 0.0741. The molecule has 4 aromatic rings. The maximum absolute atomic E-state index is 13.3. The monoisotopic (exact) mass is 464 g/mol. The van der Waals surface area contributed by atoms with Crippen molar-refractivity contribution in [1.82, 2.24) is 24.5 Å². The molecule has 1 amide bonds. The molecule has 9 nitrogen and oxygen atoms in total. The number of nitrogens with one attached hydrogen (secondary N) is 1. The van der Waals surface area contributed by atoms with Crippen molar-refractivity contribution >= 4 is 40.3 Å². The SMILES string of the molecule is Cc1ccc(-n2c(=O)c3ccccc3n3c(SCC(=O)N[C@@H](C(=O)[O-])C(C)C)nnc23)cc1. The Balaban J connectivity index is 1.75. The molecule has 2 aromatic heterocycles. The molecule has 4 rings (SSSR count). The molecule has 2 heterocycles. The first-order valence-electron chi connectivity index (χ1n) is 10.4. The summed E-state index contributed by atoms with van der Waals surface area (Å²) in [5.41, 5.74) is 2.10. The van der Waals surface area contributed by atoms with E-state index in [0.717, 1.165) is 17.3 Å². The summed E-state index contributed by atoms with van der Waals surface area (Å²) in [7, 11) is 0. The summed E-state index contributed by atoms with van der Waals surface area (Å²) in [6.07, 6.45) is 0. The van der Waals surface area contributed by atoms with Crippen LogP contribution in [0.2, 0.25) is 0 Å². The van der Waals surface area contributed by atoms with E-state index in [1.807, 2.05) is 37.3 Å². The number of rotatable bonds is 7. The summed E-state index contributed by atoms with van der Waals surface area (Å²) >= 11 is 1.11. The molecule has 2 aromatic carbocycles. The fraction of sp³-hybridized carbons (Fsp3) is 0.261. The Morgan fingerprint density at radius 3 is 2.45 bits per heavy atom. The zero-order valence-corrected chi connectivity index (χ0v) is 19.1. The van der Waals surface area contributed by atoms with Gasteiger partial charge in [-0.25, -0.2) is 4.57 Å². The van der Waals surface area contributed by atoms with Crippen molar-refractivity contribution in [2.24, 2.45) is 5.92 Å². The predicted octanol–water partition coefficient (Wildman–Crippen LogP) is 1.32. The van der Waals surface area contributed by atoms with Gasteiger partial charge in [0.25, 0.3) is 5.56 Å². The zero-order chi connectivity index (χ0) is 23.7. The van der Waals surface area contributed by atoms with Gasteiger partial charge in [0.2, 0.25) is 11.7 Å². The van der Waals surface area contributed by atoms with Gasteiger partial charge in [0.15, 0.2) is 5.16 Å². The molecule has 170 valence electrons. The van der Waals surface area contributed by atoms with Crippen molar-refractivity contribution in [3.8, 4) is 5.69 Å². The number of carboxylic acids is 1. The molecule has 0 saturated carbocycles. The van der Waals surface area contributed by atoms with Gasteiger partial charge < -0.3 is 15.2 Å². The maximum Gasteiger partial charge on any atom is 0.267 e. The average Bonchev–Trinajstić information content (AvgIpc) is 3.20. The number of aromatic nitrogens is 4. The van der Waals surface area contributed by atoms with Crippen LogP contribution in [0.25, 0.3) is 22.4 Å². The number of nitrogens with zero attached hydrogens (tertiary/aromatic N) is 4. The molecule has 10 heteroatoms. The minimum Gasteiger partial charge on any atom is -0.548 e. The van der Waals surface area contributed by atoms with Gasteiger partial charge in [0, 0.05) is 0 Å². The van der Waals surface area contributed by atoms with E-state index >= 15 is 0 Å². The van der Waals surface area contributed by atoms with E-state index in [1.54, 1.807) is 36.4 Å². The summed E-state index contributed by atoms with van der Waals surface area (Å²) in [6, 6.07) is 13.5. The number of para-hydroxylation sites is 1. The Labute approximate surface area is 193 Å². The highest BCUT2D eigenvalue weighted by atomic mass is 32.2. The summed E-state index contributed by atoms with van der Waals surface area (Å²) in [5.74, 6) is -1.86. The number of aliphatic carboxylic acids is 1. The highest BCUT2D eigenvalue weighted by Gasteiger charge is 2.20. The van der Waals surface area contributed by atoms with Crippen LogP contribution in [0.1, 0.15) is 19.4 Å². The van der Waals surface area contributed by atoms with Crippen molar-refractivity contribution in [1.29, 1.82) is 0 Å². The Morgan fingerprint density at radius 2 is 1.79 bits per heavy atom. The number of carboxylic acid groups (broad SMARTS) is 1. The predicted molar refractivity (Wildman–Crippen MR) is 123 cm³/mol. The van der Waals surface area contributed by atoms with Gasteiger partial charge in [-0.1, -0.05) is 55.4 Å². The molecule has 0 aliphatic carbocycles. The summed E-state index contributed by atoms with van der Waals surface area (Å²) in [6.45, 7) is 5.34. The van der Waals surface area contributed by atoms with Crippen molar-refractivity contribution in [2.45, 2.75) is 32.0 Å². The second-order valence-corrected chi connectivity index (χ2v) is 8.95. The number of carbonyl (C=O) groups excluding carboxylic acids is 2. The molecule has 0 fully saturated rings. The molecule has 0 aliphatic heterocycles. The van der Waals surface area contributed by atoms with Gasteiger partial charge in [-0.2, -0.15) is 0 Å². The van der Waals surface area contributed by atoms with Crippen LogP contribution in [0, 0.1) is 12.8 Å². The van der Waals surface area contributed by atoms with Gasteiger partial charge in [-0.05, 0) is 37.1 Å². The first-order valence-corrected chi connectivity index (χ1v) is 11.4. The third-order valence-electron chi connectivity index (χ3n) is 5.26. The minimum atomic E-state index is -1.33. The number of benzene rings is 2. The molecular weight excluding hydrogens is 442 g/mol. The van der Waals surface area contributed by atoms with Crippen LogP contribution in [0.4, 0.5) is 0 Å². The number of aryl methyl sites for hydroxylation is 1. The number of amides is 1. The number of carbonyl (C=O) groups is 2. The molecule has 0 saturated heterocycles. The standard InChI is InChI=1S/C23H23N5O4S/c1-13(2)19(21(31)32)24-18(29)12-33-23-26-25-22-27(15-10-8-14(3)9-11-15)20(30)16-6-4-5-7-17(16)28(22)23/h4-11,13,19H,12H2,1-3H3,(H,24,29)(H,31,32)/p-1/t19-/m1/s1. The Hall–Kier alpha value is -3.66. The first-order chi connectivity index (χ1) is 15.8. The molecule has 0 radical (unpaired) electrons. The van der Waals surface area contributed by atoms with Crippen molar-refractivity contribution in [3.05, 3.63) is 64.4 Å². The zero-order valence-electron chi connectivity index (χ0n) is 18.3. The first kappa shape index (κ1) is 22.5. The van der Waals surface area contributed by atoms with E-state index in [-0.39, 0.29) is 17.2 Å². The number of hydrogen-bond acceptors (Lipinski definition) is 7. The average molecular weight is 465 g/mol. The van der Waals surface area contributed by atoms with Crippen molar-refractivity contribution in [3.63, 3.8) is 0 Å². The van der Waals surface area contributed by atoms with Crippen LogP contribution in [-0.2, 0) is 9.59 Å². The molecule has 0 unspecified atom stereocenters. The van der Waals surface area contributed by atoms with Gasteiger partial charge in [-0.3, -0.25) is 14.0 Å². The third kappa shape index (κ3) is 4.34. The normalized spacial score (nSPS) is 12.4. The number of thioether (sulfide) groups is 1. The van der Waals surface area contributed by atoms with E-state index in [2.05, 4.69) is 15.5 Å². The summed E-state index contributed by atoms with van der Waals surface area (Å²) < 4.78 is 3.22. The van der Waals surface area contributed by atoms with Crippen LogP contribution in [0.5, 0.6) is 0 Å². The second-order valence-electron chi connectivity index (χ2n) is 8.01. The quantitative estimate of drug-likeness (QED) is 0.410. The highest BCUT2D eigenvalue weighted by Crippen LogP contribution is 2.23. The van der Waals surface area contributed by atoms with Gasteiger partial charge in [-0.15, -0.1) is 10.2 Å². The topological polar surface area (TPSA) is 121 Å². The van der Waals surface area contributed by atoms with E-state index < -0.39 is 17.9 Å². The molecule has 0 spiro atoms. The fourth-order valence-corrected chi connectivity index (χ4v) is 4.29. The Bertz CT molecular complexity index is 1410. The highest BCUT2D eigenvalue weighted by molar-refractivity contribution is 7.99. The third-order valence-corrected chi connectivity index (χ3v) is 6.19. The second kappa shape index (κ2) is 9.07. The molecule has 1 N–H and O–H groups in total. The van der Waals surface area contributed by atoms with Gasteiger partial charge in [0.05, 0.1) is 34.4 Å². The fourth-order valence-electron chi connectivity index (χ4n) is 3.54. The Morgan fingerprint density at radius 1 is 1.09 bits per heavy atom. The largest absolute Gasteiger partial charge is 0.548 e. The lowest BCUT2D eigenvalue weighted by atomic mass is 10.1. The van der Waals surface area contributed by atoms with Crippen molar-refractivity contribution in [2.75, 3.05) is 5.75 Å². The van der Waals surface area contributed by atoms with Crippen LogP contribution in [-0.4, -0.2) is 42.8 Å². The number of fused-ring (bicyclic) bond motifs is 3. The van der Waals surface area contributed by atoms with Crippen LogP contribution < -0.4 is 16.0 Å². The maximum atomic E-state index is 13.3. The lowest BCUT2D eigenvalue weighted by Gasteiger charge is -2.22. The molecule has 0 bridgehead atoms. The van der Waals surface area contributed by atoms with Crippen LogP contribution in [0.3, 0.4) is 0 Å². The summed E-state index contributed by atoms with van der Waals surface area (Å²) in [5, 5.41) is 23.1. The van der Waals surface area contributed by atoms with E-state index in [1.165, 1.54) is 4.57 Å². The van der Waals surface area contributed by atoms with E-state index in [9.17, 15) is 19.5 Å².